The molecule has 0 aliphatic carbocycles. The summed E-state index contributed by atoms with van der Waals surface area (Å²) in [5.74, 6) is -0.455. The fourth-order valence-electron chi connectivity index (χ4n) is 6.19. The lowest BCUT2D eigenvalue weighted by Crippen LogP contribution is -2.45. The highest BCUT2D eigenvalue weighted by Gasteiger charge is 2.15. The van der Waals surface area contributed by atoms with Crippen LogP contribution in [0.15, 0.2) is 0 Å². The van der Waals surface area contributed by atoms with Gasteiger partial charge in [-0.2, -0.15) is 0 Å². The van der Waals surface area contributed by atoms with Crippen LogP contribution >= 0.6 is 0 Å². The van der Waals surface area contributed by atoms with Crippen LogP contribution in [0.2, 0.25) is 0 Å². The van der Waals surface area contributed by atoms with Gasteiger partial charge in [-0.1, -0.05) is 6.42 Å². The number of aliphatic hydroxyl groups excluding tert-OH is 8. The van der Waals surface area contributed by atoms with E-state index in [1.54, 1.807) is 0 Å². The molecule has 0 bridgehead atoms. The third-order valence-corrected chi connectivity index (χ3v) is 10.2. The molecule has 0 aromatic rings. The Balaban J connectivity index is 5.58. The van der Waals surface area contributed by atoms with E-state index in [2.05, 4.69) is 46.2 Å². The maximum atomic E-state index is 12.1. The number of nitrogens with one attached hydrogen (secondary N) is 5. The summed E-state index contributed by atoms with van der Waals surface area (Å²) >= 11 is 0. The van der Waals surface area contributed by atoms with Crippen molar-refractivity contribution in [3.8, 4) is 0 Å². The average Bonchev–Trinajstić information content (AvgIpc) is 3.34. The van der Waals surface area contributed by atoms with Gasteiger partial charge < -0.3 is 103 Å². The smallest absolute Gasteiger partial charge is 0.407 e. The Bertz CT molecular complexity index is 1260. The summed E-state index contributed by atoms with van der Waals surface area (Å²) < 4.78 is 19.7. The van der Waals surface area contributed by atoms with Gasteiger partial charge in [0.2, 0.25) is 0 Å². The zero-order valence-corrected chi connectivity index (χ0v) is 40.6. The Labute approximate surface area is 407 Å². The van der Waals surface area contributed by atoms with Crippen LogP contribution in [-0.4, -0.2) is 299 Å². The van der Waals surface area contributed by atoms with Crippen molar-refractivity contribution in [2.75, 3.05) is 190 Å². The maximum Gasteiger partial charge on any atom is 0.407 e. The quantitative estimate of drug-likeness (QED) is 0.0153. The molecule has 3 amide bonds. The number of unbranched alkanes of at least 4 members (excludes halogenated alkanes) is 2. The number of alkyl carbamates (subject to hydrolysis) is 3. The molecule has 0 aliphatic rings. The molecule has 0 saturated carbocycles. The first kappa shape index (κ1) is 65.6. The van der Waals surface area contributed by atoms with Crippen molar-refractivity contribution < 1.29 is 79.0 Å². The van der Waals surface area contributed by atoms with Crippen molar-refractivity contribution in [3.05, 3.63) is 0 Å². The summed E-state index contributed by atoms with van der Waals surface area (Å²) in [5, 5.41) is 88.3. The highest BCUT2D eigenvalue weighted by Crippen LogP contribution is 2.03. The Hall–Kier alpha value is -3.36. The molecule has 0 rings (SSSR count). The van der Waals surface area contributed by atoms with E-state index < -0.39 is 75.1 Å². The van der Waals surface area contributed by atoms with Crippen molar-refractivity contribution >= 4 is 24.2 Å². The van der Waals surface area contributed by atoms with Gasteiger partial charge in [0.25, 0.3) is 0 Å². The minimum Gasteiger partial charge on any atom is -0.463 e. The van der Waals surface area contributed by atoms with Crippen LogP contribution in [0.1, 0.15) is 32.1 Å². The van der Waals surface area contributed by atoms with Gasteiger partial charge in [0, 0.05) is 131 Å². The number of esters is 1. The van der Waals surface area contributed by atoms with E-state index in [0.717, 1.165) is 32.5 Å². The summed E-state index contributed by atoms with van der Waals surface area (Å²) in [4.78, 5) is 56.9. The summed E-state index contributed by atoms with van der Waals surface area (Å²) in [6, 6.07) is 0. The van der Waals surface area contributed by atoms with Gasteiger partial charge in [-0.25, -0.2) is 14.4 Å². The molecule has 0 heterocycles. The molecule has 4 atom stereocenters. The number of rotatable bonds is 47. The zero-order chi connectivity index (χ0) is 51.3. The van der Waals surface area contributed by atoms with Crippen molar-refractivity contribution in [2.24, 2.45) is 11.5 Å². The number of hydrogen-bond donors (Lipinski definition) is 15. The third kappa shape index (κ3) is 41.0. The largest absolute Gasteiger partial charge is 0.463 e. The van der Waals surface area contributed by atoms with Gasteiger partial charge in [-0.15, -0.1) is 0 Å². The predicted molar refractivity (Wildman–Crippen MR) is 254 cm³/mol. The molecular weight excluding hydrogens is 915 g/mol. The van der Waals surface area contributed by atoms with E-state index in [-0.39, 0.29) is 39.4 Å². The first-order valence-corrected chi connectivity index (χ1v) is 24.0. The SMILES string of the molecule is NCCN(CCNCCN(CCNCCCC(=O)OCC(O)CO)CCN(CCCCCNC(=O)OCC(O)CO)CCN(CCN)CCNC(=O)OCC(O)CO)CCNC(=O)OCC(O)CO. The minimum absolute atomic E-state index is 0.162. The number of nitrogens with two attached hydrogens (primary N) is 2. The number of carbonyl (C=O) groups excluding carboxylic acids is 4. The van der Waals surface area contributed by atoms with Gasteiger partial charge in [0.1, 0.15) is 50.8 Å². The Morgan fingerprint density at radius 1 is 0.391 bits per heavy atom. The van der Waals surface area contributed by atoms with Crippen LogP contribution in [0, 0.1) is 0 Å². The molecule has 0 aromatic carbocycles. The lowest BCUT2D eigenvalue weighted by Gasteiger charge is -2.30. The van der Waals surface area contributed by atoms with Crippen molar-refractivity contribution in [1.82, 2.24) is 46.2 Å². The Morgan fingerprint density at radius 2 is 0.739 bits per heavy atom. The first-order valence-electron chi connectivity index (χ1n) is 24.0. The summed E-state index contributed by atoms with van der Waals surface area (Å²) in [6.45, 7) is 8.89. The van der Waals surface area contributed by atoms with E-state index in [4.69, 9.17) is 50.8 Å². The second kappa shape index (κ2) is 45.8. The number of aliphatic hydroxyl groups is 8. The molecule has 0 fully saturated rings. The molecule has 27 nitrogen and oxygen atoms in total. The van der Waals surface area contributed by atoms with Gasteiger partial charge in [0.15, 0.2) is 0 Å². The Morgan fingerprint density at radius 3 is 1.16 bits per heavy atom. The molecule has 0 aliphatic heterocycles. The van der Waals surface area contributed by atoms with Crippen molar-refractivity contribution in [1.29, 1.82) is 0 Å². The van der Waals surface area contributed by atoms with Crippen LogP contribution in [0.5, 0.6) is 0 Å². The van der Waals surface area contributed by atoms with Gasteiger partial charge >= 0.3 is 24.2 Å². The van der Waals surface area contributed by atoms with E-state index >= 15 is 0 Å². The molecule has 17 N–H and O–H groups in total. The number of ether oxygens (including phenoxy) is 4. The standard InChI is InChI=1S/C42H89N11O16/c43-6-16-51(21-13-48-41(64)68-33-37(60)29-56)18-11-46-12-20-53(19-10-45-8-4-5-39(62)66-31-35(58)27-54)26-24-50(15-3-1-2-9-47-40(63)67-32-36(59)28-55)23-25-52(17-7-44)22-14-49-42(65)69-34-38(61)30-57/h35-38,45-46,54-61H,1-34,43-44H2,(H,47,63)(H,48,64)(H,49,65). The molecule has 408 valence electrons. The van der Waals surface area contributed by atoms with E-state index in [0.29, 0.717) is 124 Å². The molecule has 0 aromatic heterocycles. The lowest BCUT2D eigenvalue weighted by molar-refractivity contribution is -0.147. The third-order valence-electron chi connectivity index (χ3n) is 10.2. The van der Waals surface area contributed by atoms with Crippen LogP contribution in [-0.2, 0) is 23.7 Å². The Kier molecular flexibility index (Phi) is 43.5. The zero-order valence-electron chi connectivity index (χ0n) is 40.6. The molecule has 4 unspecified atom stereocenters. The maximum absolute atomic E-state index is 12.1. The topological polar surface area (TPSA) is 392 Å². The fraction of sp³-hybridized carbons (Fsp3) is 0.905. The number of carbonyl (C=O) groups is 4. The van der Waals surface area contributed by atoms with Gasteiger partial charge in [-0.05, 0) is 32.4 Å². The first-order chi connectivity index (χ1) is 33.3. The highest BCUT2D eigenvalue weighted by molar-refractivity contribution is 5.69. The molecular formula is C42H89N11O16. The summed E-state index contributed by atoms with van der Waals surface area (Å²) in [7, 11) is 0. The van der Waals surface area contributed by atoms with Crippen molar-refractivity contribution in [2.45, 2.75) is 56.5 Å². The molecule has 69 heavy (non-hydrogen) atoms. The fourth-order valence-corrected chi connectivity index (χ4v) is 6.19. The predicted octanol–water partition coefficient (Wildman–Crippen LogP) is -6.62. The monoisotopic (exact) mass is 1000 g/mol. The minimum atomic E-state index is -1.16. The van der Waals surface area contributed by atoms with Crippen LogP contribution < -0.4 is 38.1 Å². The number of hydrogen-bond acceptors (Lipinski definition) is 24. The average molecular weight is 1000 g/mol. The number of nitrogens with zero attached hydrogens (tertiary/aromatic N) is 4. The normalized spacial score (nSPS) is 13.4. The summed E-state index contributed by atoms with van der Waals surface area (Å²) in [5.41, 5.74) is 11.8. The van der Waals surface area contributed by atoms with Gasteiger partial charge in [0.05, 0.1) is 26.4 Å². The van der Waals surface area contributed by atoms with Crippen LogP contribution in [0.25, 0.3) is 0 Å². The van der Waals surface area contributed by atoms with E-state index in [1.165, 1.54) is 0 Å². The second-order valence-corrected chi connectivity index (χ2v) is 16.2. The summed E-state index contributed by atoms with van der Waals surface area (Å²) in [6.07, 6.45) is -3.60. The molecule has 0 saturated heterocycles. The lowest BCUT2D eigenvalue weighted by atomic mass is 10.2. The highest BCUT2D eigenvalue weighted by atomic mass is 16.6. The van der Waals surface area contributed by atoms with Crippen LogP contribution in [0.4, 0.5) is 14.4 Å². The second-order valence-electron chi connectivity index (χ2n) is 16.2. The molecule has 0 radical (unpaired) electrons. The van der Waals surface area contributed by atoms with Crippen LogP contribution in [0.3, 0.4) is 0 Å². The molecule has 0 spiro atoms. The number of amides is 3. The van der Waals surface area contributed by atoms with E-state index in [9.17, 15) is 39.6 Å². The van der Waals surface area contributed by atoms with E-state index in [1.807, 2.05) is 0 Å². The van der Waals surface area contributed by atoms with Crippen molar-refractivity contribution in [3.63, 3.8) is 0 Å². The van der Waals surface area contributed by atoms with Gasteiger partial charge in [-0.3, -0.25) is 19.5 Å². The molecule has 27 heteroatoms.